The molecule has 2 aromatic rings. The molecule has 2 rings (SSSR count). The second-order valence-corrected chi connectivity index (χ2v) is 5.85. The van der Waals surface area contributed by atoms with Crippen LogP contribution in [-0.4, -0.2) is 28.6 Å². The minimum atomic E-state index is -0.212. The van der Waals surface area contributed by atoms with E-state index in [0.29, 0.717) is 5.69 Å². The molecule has 25 heavy (non-hydrogen) atoms. The van der Waals surface area contributed by atoms with Gasteiger partial charge in [0.25, 0.3) is 0 Å². The molecular weight excluding hydrogens is 316 g/mol. The normalized spacial score (nSPS) is 10.9. The fourth-order valence-electron chi connectivity index (χ4n) is 2.55. The molecule has 1 aromatic heterocycles. The SMILES string of the molecule is CCn1nc(C)c(C=CC(=O)Nc2ccc(N(C)C(C)=O)cc2)c1C. The first-order valence-electron chi connectivity index (χ1n) is 8.21. The molecule has 2 amide bonds. The van der Waals surface area contributed by atoms with Crippen molar-refractivity contribution in [3.05, 3.63) is 47.3 Å². The van der Waals surface area contributed by atoms with Gasteiger partial charge >= 0.3 is 0 Å². The molecule has 0 radical (unpaired) electrons. The fraction of sp³-hybridized carbons (Fsp3) is 0.316. The Bertz CT molecular complexity index is 804. The van der Waals surface area contributed by atoms with Gasteiger partial charge < -0.3 is 10.2 Å². The molecule has 1 aromatic carbocycles. The van der Waals surface area contributed by atoms with Crippen molar-refractivity contribution >= 4 is 29.3 Å². The summed E-state index contributed by atoms with van der Waals surface area (Å²) in [5.41, 5.74) is 4.36. The molecule has 6 nitrogen and oxygen atoms in total. The number of amides is 2. The van der Waals surface area contributed by atoms with Gasteiger partial charge in [-0.15, -0.1) is 0 Å². The Kier molecular flexibility index (Phi) is 5.75. The van der Waals surface area contributed by atoms with Crippen LogP contribution in [0.4, 0.5) is 11.4 Å². The van der Waals surface area contributed by atoms with Crippen LogP contribution in [-0.2, 0) is 16.1 Å². The average molecular weight is 340 g/mol. The first-order valence-corrected chi connectivity index (χ1v) is 8.21. The Hall–Kier alpha value is -2.89. The van der Waals surface area contributed by atoms with Crippen molar-refractivity contribution < 1.29 is 9.59 Å². The zero-order valence-corrected chi connectivity index (χ0v) is 15.3. The Labute approximate surface area is 148 Å². The van der Waals surface area contributed by atoms with Gasteiger partial charge in [0.2, 0.25) is 11.8 Å². The molecule has 0 aliphatic heterocycles. The highest BCUT2D eigenvalue weighted by atomic mass is 16.2. The van der Waals surface area contributed by atoms with Crippen LogP contribution in [0.3, 0.4) is 0 Å². The number of anilines is 2. The second-order valence-electron chi connectivity index (χ2n) is 5.85. The fourth-order valence-corrected chi connectivity index (χ4v) is 2.55. The summed E-state index contributed by atoms with van der Waals surface area (Å²) in [4.78, 5) is 25.0. The third-order valence-corrected chi connectivity index (χ3v) is 4.13. The van der Waals surface area contributed by atoms with Crippen LogP contribution in [0.25, 0.3) is 6.08 Å². The first-order chi connectivity index (χ1) is 11.8. The highest BCUT2D eigenvalue weighted by molar-refractivity contribution is 6.02. The van der Waals surface area contributed by atoms with Crippen LogP contribution in [0.15, 0.2) is 30.3 Å². The van der Waals surface area contributed by atoms with E-state index in [2.05, 4.69) is 10.4 Å². The molecule has 0 unspecified atom stereocenters. The highest BCUT2D eigenvalue weighted by Gasteiger charge is 2.08. The molecule has 0 saturated heterocycles. The van der Waals surface area contributed by atoms with Crippen LogP contribution in [0.5, 0.6) is 0 Å². The summed E-state index contributed by atoms with van der Waals surface area (Å²) in [7, 11) is 1.71. The number of nitrogens with one attached hydrogen (secondary N) is 1. The lowest BCUT2D eigenvalue weighted by atomic mass is 10.2. The molecule has 0 aliphatic rings. The van der Waals surface area contributed by atoms with E-state index in [1.165, 1.54) is 13.0 Å². The predicted octanol–water partition coefficient (Wildman–Crippen LogP) is 3.15. The molecule has 6 heteroatoms. The molecule has 0 aliphatic carbocycles. The van der Waals surface area contributed by atoms with E-state index in [9.17, 15) is 9.59 Å². The van der Waals surface area contributed by atoms with Gasteiger partial charge in [-0.2, -0.15) is 5.10 Å². The molecule has 132 valence electrons. The molecule has 1 heterocycles. The summed E-state index contributed by atoms with van der Waals surface area (Å²) in [6.45, 7) is 8.26. The predicted molar refractivity (Wildman–Crippen MR) is 101 cm³/mol. The summed E-state index contributed by atoms with van der Waals surface area (Å²) in [5, 5.41) is 7.24. The summed E-state index contributed by atoms with van der Waals surface area (Å²) in [6.07, 6.45) is 3.30. The van der Waals surface area contributed by atoms with Gasteiger partial charge in [-0.25, -0.2) is 0 Å². The van der Waals surface area contributed by atoms with Gasteiger partial charge in [-0.05, 0) is 51.1 Å². The maximum absolute atomic E-state index is 12.1. The number of nitrogens with zero attached hydrogens (tertiary/aromatic N) is 3. The molecule has 0 fully saturated rings. The Morgan fingerprint density at radius 2 is 1.88 bits per heavy atom. The van der Waals surface area contributed by atoms with Gasteiger partial charge in [0.05, 0.1) is 5.69 Å². The number of aromatic nitrogens is 2. The summed E-state index contributed by atoms with van der Waals surface area (Å²) in [5.74, 6) is -0.256. The van der Waals surface area contributed by atoms with E-state index in [0.717, 1.165) is 29.2 Å². The van der Waals surface area contributed by atoms with E-state index in [4.69, 9.17) is 0 Å². The van der Waals surface area contributed by atoms with Crippen molar-refractivity contribution in [1.29, 1.82) is 0 Å². The number of hydrogen-bond acceptors (Lipinski definition) is 3. The molecule has 0 atom stereocenters. The zero-order chi connectivity index (χ0) is 18.6. The number of benzene rings is 1. The van der Waals surface area contributed by atoms with Crippen LogP contribution >= 0.6 is 0 Å². The standard InChI is InChI=1S/C19H24N4O2/c1-6-23-14(3)18(13(2)21-23)11-12-19(25)20-16-7-9-17(10-8-16)22(5)15(4)24/h7-12H,6H2,1-5H3,(H,20,25). The maximum atomic E-state index is 12.1. The number of aryl methyl sites for hydroxylation is 2. The number of hydrogen-bond donors (Lipinski definition) is 1. The van der Waals surface area contributed by atoms with E-state index in [1.54, 1.807) is 42.3 Å². The Morgan fingerprint density at radius 3 is 2.40 bits per heavy atom. The van der Waals surface area contributed by atoms with Crippen molar-refractivity contribution in [2.45, 2.75) is 34.2 Å². The largest absolute Gasteiger partial charge is 0.323 e. The summed E-state index contributed by atoms with van der Waals surface area (Å²) in [6, 6.07) is 7.12. The van der Waals surface area contributed by atoms with E-state index >= 15 is 0 Å². The zero-order valence-electron chi connectivity index (χ0n) is 15.3. The van der Waals surface area contributed by atoms with Gasteiger partial charge in [-0.3, -0.25) is 14.3 Å². The van der Waals surface area contributed by atoms with E-state index < -0.39 is 0 Å². The van der Waals surface area contributed by atoms with Crippen molar-refractivity contribution in [1.82, 2.24) is 9.78 Å². The average Bonchev–Trinajstić information content (AvgIpc) is 2.86. The first kappa shape index (κ1) is 18.4. The van der Waals surface area contributed by atoms with Crippen LogP contribution in [0.2, 0.25) is 0 Å². The smallest absolute Gasteiger partial charge is 0.248 e. The Morgan fingerprint density at radius 1 is 1.24 bits per heavy atom. The monoisotopic (exact) mass is 340 g/mol. The third kappa shape index (κ3) is 4.35. The van der Waals surface area contributed by atoms with Crippen molar-refractivity contribution in [3.63, 3.8) is 0 Å². The van der Waals surface area contributed by atoms with Gasteiger partial charge in [-0.1, -0.05) is 0 Å². The molecule has 1 N–H and O–H groups in total. The quantitative estimate of drug-likeness (QED) is 0.850. The van der Waals surface area contributed by atoms with Gasteiger partial charge in [0, 0.05) is 49.2 Å². The third-order valence-electron chi connectivity index (χ3n) is 4.13. The highest BCUT2D eigenvalue weighted by Crippen LogP contribution is 2.18. The van der Waals surface area contributed by atoms with E-state index in [-0.39, 0.29) is 11.8 Å². The van der Waals surface area contributed by atoms with Crippen LogP contribution in [0.1, 0.15) is 30.8 Å². The lowest BCUT2D eigenvalue weighted by Crippen LogP contribution is -2.22. The van der Waals surface area contributed by atoms with Gasteiger partial charge in [0.15, 0.2) is 0 Å². The van der Waals surface area contributed by atoms with Crippen LogP contribution < -0.4 is 10.2 Å². The summed E-state index contributed by atoms with van der Waals surface area (Å²) >= 11 is 0. The lowest BCUT2D eigenvalue weighted by molar-refractivity contribution is -0.116. The molecule has 0 spiro atoms. The Balaban J connectivity index is 2.05. The minimum Gasteiger partial charge on any atom is -0.323 e. The van der Waals surface area contributed by atoms with Gasteiger partial charge in [0.1, 0.15) is 0 Å². The van der Waals surface area contributed by atoms with Crippen molar-refractivity contribution in [2.24, 2.45) is 0 Å². The molecular formula is C19H24N4O2. The second kappa shape index (κ2) is 7.79. The van der Waals surface area contributed by atoms with Crippen molar-refractivity contribution in [3.8, 4) is 0 Å². The molecule has 0 bridgehead atoms. The maximum Gasteiger partial charge on any atom is 0.248 e. The number of rotatable bonds is 5. The lowest BCUT2D eigenvalue weighted by Gasteiger charge is -2.15. The van der Waals surface area contributed by atoms with Crippen molar-refractivity contribution in [2.75, 3.05) is 17.3 Å². The summed E-state index contributed by atoms with van der Waals surface area (Å²) < 4.78 is 1.91. The molecule has 0 saturated carbocycles. The number of carbonyl (C=O) groups is 2. The van der Waals surface area contributed by atoms with Crippen LogP contribution in [0, 0.1) is 13.8 Å². The topological polar surface area (TPSA) is 67.2 Å². The van der Waals surface area contributed by atoms with E-state index in [1.807, 2.05) is 25.5 Å². The minimum absolute atomic E-state index is 0.0434. The number of carbonyl (C=O) groups excluding carboxylic acids is 2.